The van der Waals surface area contributed by atoms with Crippen molar-refractivity contribution >= 4 is 5.69 Å². The van der Waals surface area contributed by atoms with Crippen molar-refractivity contribution in [3.8, 4) is 6.07 Å². The first-order valence-corrected chi connectivity index (χ1v) is 6.98. The summed E-state index contributed by atoms with van der Waals surface area (Å²) in [4.78, 5) is 1.80. The third kappa shape index (κ3) is 2.46. The summed E-state index contributed by atoms with van der Waals surface area (Å²) in [5.41, 5.74) is -0.605. The van der Waals surface area contributed by atoms with Crippen molar-refractivity contribution in [1.82, 2.24) is 0 Å². The highest BCUT2D eigenvalue weighted by molar-refractivity contribution is 5.60. The molecular weight excluding hydrogens is 281 g/mol. The zero-order valence-corrected chi connectivity index (χ0v) is 11.3. The first-order chi connectivity index (χ1) is 9.90. The SMILES string of the molecule is N#Cc1ccc(N2C3CCC2CC(O)C3)c(C(F)(F)F)c1. The molecule has 2 fully saturated rings. The van der Waals surface area contributed by atoms with E-state index < -0.39 is 17.8 Å². The molecule has 3 nitrogen and oxygen atoms in total. The fraction of sp³-hybridized carbons (Fsp3) is 0.533. The largest absolute Gasteiger partial charge is 0.418 e. The second-order valence-corrected chi connectivity index (χ2v) is 5.76. The summed E-state index contributed by atoms with van der Waals surface area (Å²) >= 11 is 0. The third-order valence-electron chi connectivity index (χ3n) is 4.42. The highest BCUT2D eigenvalue weighted by Crippen LogP contribution is 2.44. The van der Waals surface area contributed by atoms with Gasteiger partial charge in [-0.25, -0.2) is 0 Å². The number of nitriles is 1. The van der Waals surface area contributed by atoms with Crippen LogP contribution in [0.5, 0.6) is 0 Å². The quantitative estimate of drug-likeness (QED) is 0.866. The first kappa shape index (κ1) is 14.2. The number of alkyl halides is 3. The van der Waals surface area contributed by atoms with Crippen molar-refractivity contribution < 1.29 is 18.3 Å². The molecule has 0 saturated carbocycles. The Balaban J connectivity index is 2.05. The van der Waals surface area contributed by atoms with E-state index in [1.807, 2.05) is 0 Å². The molecule has 2 atom stereocenters. The number of hydrogen-bond acceptors (Lipinski definition) is 3. The molecular formula is C15H15F3N2O. The van der Waals surface area contributed by atoms with Crippen LogP contribution in [0.25, 0.3) is 0 Å². The summed E-state index contributed by atoms with van der Waals surface area (Å²) in [5, 5.41) is 18.6. The van der Waals surface area contributed by atoms with E-state index in [4.69, 9.17) is 5.26 Å². The Hall–Kier alpha value is -1.74. The van der Waals surface area contributed by atoms with Crippen LogP contribution in [-0.4, -0.2) is 23.3 Å². The minimum Gasteiger partial charge on any atom is -0.393 e. The van der Waals surface area contributed by atoms with E-state index in [1.165, 1.54) is 12.1 Å². The summed E-state index contributed by atoms with van der Waals surface area (Å²) in [6, 6.07) is 5.39. The Bertz CT molecular complexity index is 580. The fourth-order valence-corrected chi connectivity index (χ4v) is 3.60. The first-order valence-electron chi connectivity index (χ1n) is 6.98. The van der Waals surface area contributed by atoms with E-state index in [1.54, 1.807) is 11.0 Å². The Morgan fingerprint density at radius 2 is 1.81 bits per heavy atom. The molecule has 0 amide bonds. The number of benzene rings is 1. The molecule has 0 spiro atoms. The van der Waals surface area contributed by atoms with Gasteiger partial charge in [-0.15, -0.1) is 0 Å². The molecule has 0 radical (unpaired) electrons. The maximum absolute atomic E-state index is 13.3. The third-order valence-corrected chi connectivity index (χ3v) is 4.42. The Kier molecular flexibility index (Phi) is 3.33. The fourth-order valence-electron chi connectivity index (χ4n) is 3.60. The molecule has 6 heteroatoms. The van der Waals surface area contributed by atoms with Crippen molar-refractivity contribution in [3.05, 3.63) is 29.3 Å². The lowest BCUT2D eigenvalue weighted by atomic mass is 9.97. The van der Waals surface area contributed by atoms with Crippen molar-refractivity contribution in [2.24, 2.45) is 0 Å². The minimum atomic E-state index is -4.49. The van der Waals surface area contributed by atoms with Gasteiger partial charge in [0.1, 0.15) is 0 Å². The van der Waals surface area contributed by atoms with Gasteiger partial charge in [0.2, 0.25) is 0 Å². The van der Waals surface area contributed by atoms with Crippen LogP contribution in [0.15, 0.2) is 18.2 Å². The molecule has 2 bridgehead atoms. The average molecular weight is 296 g/mol. The zero-order chi connectivity index (χ0) is 15.2. The van der Waals surface area contributed by atoms with Crippen molar-refractivity contribution in [3.63, 3.8) is 0 Å². The standard InChI is InChI=1S/C15H15F3N2O/c16-15(17,18)13-5-9(8-19)1-4-14(13)20-10-2-3-11(20)7-12(21)6-10/h1,4-5,10-12,21H,2-3,6-7H2. The van der Waals surface area contributed by atoms with Gasteiger partial charge in [-0.1, -0.05) is 0 Å². The van der Waals surface area contributed by atoms with Crippen LogP contribution in [0.1, 0.15) is 36.8 Å². The van der Waals surface area contributed by atoms with E-state index >= 15 is 0 Å². The Labute approximate surface area is 120 Å². The lowest BCUT2D eigenvalue weighted by Crippen LogP contribution is -2.45. The number of anilines is 1. The molecule has 21 heavy (non-hydrogen) atoms. The Morgan fingerprint density at radius 3 is 2.33 bits per heavy atom. The normalized spacial score (nSPS) is 28.5. The van der Waals surface area contributed by atoms with Gasteiger partial charge in [-0.2, -0.15) is 18.4 Å². The summed E-state index contributed by atoms with van der Waals surface area (Å²) in [7, 11) is 0. The second-order valence-electron chi connectivity index (χ2n) is 5.76. The van der Waals surface area contributed by atoms with Gasteiger partial charge in [-0.3, -0.25) is 0 Å². The number of fused-ring (bicyclic) bond motifs is 2. The van der Waals surface area contributed by atoms with Crippen LogP contribution >= 0.6 is 0 Å². The van der Waals surface area contributed by atoms with E-state index in [-0.39, 0.29) is 23.3 Å². The molecule has 2 aliphatic rings. The highest BCUT2D eigenvalue weighted by atomic mass is 19.4. The molecule has 0 aliphatic carbocycles. The Morgan fingerprint density at radius 1 is 1.19 bits per heavy atom. The number of aliphatic hydroxyl groups is 1. The minimum absolute atomic E-state index is 0.00969. The van der Waals surface area contributed by atoms with Gasteiger partial charge in [0.15, 0.2) is 0 Å². The van der Waals surface area contributed by atoms with Gasteiger partial charge >= 0.3 is 6.18 Å². The number of aliphatic hydroxyl groups excluding tert-OH is 1. The van der Waals surface area contributed by atoms with Crippen LogP contribution < -0.4 is 4.90 Å². The van der Waals surface area contributed by atoms with Gasteiger partial charge in [0, 0.05) is 17.8 Å². The average Bonchev–Trinajstić information content (AvgIpc) is 2.69. The second kappa shape index (κ2) is 4.92. The summed E-state index contributed by atoms with van der Waals surface area (Å²) < 4.78 is 39.9. The van der Waals surface area contributed by atoms with Crippen molar-refractivity contribution in [1.29, 1.82) is 5.26 Å². The lowest BCUT2D eigenvalue weighted by molar-refractivity contribution is -0.137. The molecule has 1 N–H and O–H groups in total. The summed E-state index contributed by atoms with van der Waals surface area (Å²) in [6.45, 7) is 0. The van der Waals surface area contributed by atoms with Gasteiger partial charge in [0.25, 0.3) is 0 Å². The van der Waals surface area contributed by atoms with Crippen LogP contribution in [0, 0.1) is 11.3 Å². The van der Waals surface area contributed by atoms with E-state index in [0.29, 0.717) is 12.8 Å². The van der Waals surface area contributed by atoms with Crippen LogP contribution in [0.2, 0.25) is 0 Å². The summed E-state index contributed by atoms with van der Waals surface area (Å²) in [5.74, 6) is 0. The number of piperidine rings is 1. The van der Waals surface area contributed by atoms with E-state index in [9.17, 15) is 18.3 Å². The molecule has 2 saturated heterocycles. The molecule has 1 aromatic carbocycles. The van der Waals surface area contributed by atoms with Gasteiger partial charge in [0.05, 0.1) is 23.3 Å². The van der Waals surface area contributed by atoms with Crippen LogP contribution in [0.3, 0.4) is 0 Å². The molecule has 112 valence electrons. The monoisotopic (exact) mass is 296 g/mol. The molecule has 3 rings (SSSR count). The zero-order valence-electron chi connectivity index (χ0n) is 11.3. The molecule has 2 heterocycles. The van der Waals surface area contributed by atoms with Crippen molar-refractivity contribution in [2.45, 2.75) is 50.0 Å². The summed E-state index contributed by atoms with van der Waals surface area (Å²) in [6.07, 6.45) is -2.29. The molecule has 2 aliphatic heterocycles. The number of nitrogens with zero attached hydrogens (tertiary/aromatic N) is 2. The van der Waals surface area contributed by atoms with Crippen LogP contribution in [-0.2, 0) is 6.18 Å². The number of halogens is 3. The smallest absolute Gasteiger partial charge is 0.393 e. The van der Waals surface area contributed by atoms with E-state index in [0.717, 1.165) is 18.9 Å². The van der Waals surface area contributed by atoms with Gasteiger partial charge in [-0.05, 0) is 43.9 Å². The molecule has 0 aromatic heterocycles. The highest BCUT2D eigenvalue weighted by Gasteiger charge is 2.44. The molecule has 1 aromatic rings. The van der Waals surface area contributed by atoms with Crippen LogP contribution in [0.4, 0.5) is 18.9 Å². The maximum atomic E-state index is 13.3. The van der Waals surface area contributed by atoms with E-state index in [2.05, 4.69) is 0 Å². The number of hydrogen-bond donors (Lipinski definition) is 1. The molecule has 2 unspecified atom stereocenters. The predicted molar refractivity (Wildman–Crippen MR) is 70.7 cm³/mol. The maximum Gasteiger partial charge on any atom is 0.418 e. The lowest BCUT2D eigenvalue weighted by Gasteiger charge is -2.40. The number of rotatable bonds is 1. The predicted octanol–water partition coefficient (Wildman–Crippen LogP) is 3.07. The van der Waals surface area contributed by atoms with Crippen molar-refractivity contribution in [2.75, 3.05) is 4.90 Å². The topological polar surface area (TPSA) is 47.3 Å². The van der Waals surface area contributed by atoms with Gasteiger partial charge < -0.3 is 10.0 Å².